The molecule has 1 aliphatic rings. The van der Waals surface area contributed by atoms with Crippen molar-refractivity contribution in [3.8, 4) is 0 Å². The van der Waals surface area contributed by atoms with Crippen LogP contribution in [0.2, 0.25) is 0 Å². The fraction of sp³-hybridized carbons (Fsp3) is 0.375. The monoisotopic (exact) mass is 276 g/mol. The maximum atomic E-state index is 11.6. The van der Waals surface area contributed by atoms with Crippen molar-refractivity contribution in [2.24, 2.45) is 0 Å². The second-order valence-electron chi connectivity index (χ2n) is 2.97. The minimum atomic E-state index is 0.0723. The first kappa shape index (κ1) is 8.10. The normalized spacial score (nSPS) is 14.8. The lowest BCUT2D eigenvalue weighted by Crippen LogP contribution is -2.23. The zero-order valence-electron chi connectivity index (χ0n) is 6.51. The van der Waals surface area contributed by atoms with Gasteiger partial charge < -0.3 is 10.3 Å². The van der Waals surface area contributed by atoms with Gasteiger partial charge in [0.25, 0.3) is 5.56 Å². The van der Waals surface area contributed by atoms with E-state index in [9.17, 15) is 4.79 Å². The van der Waals surface area contributed by atoms with Gasteiger partial charge in [-0.3, -0.25) is 4.79 Å². The highest BCUT2D eigenvalue weighted by molar-refractivity contribution is 14.1. The fourth-order valence-electron chi connectivity index (χ4n) is 1.56. The zero-order valence-corrected chi connectivity index (χ0v) is 8.67. The largest absolute Gasteiger partial charge is 0.398 e. The maximum absolute atomic E-state index is 11.6. The molecule has 0 radical (unpaired) electrons. The van der Waals surface area contributed by atoms with E-state index in [4.69, 9.17) is 5.73 Å². The number of nitrogen functional groups attached to an aromatic ring is 1. The molecule has 0 aromatic carbocycles. The van der Waals surface area contributed by atoms with Crippen LogP contribution in [0.3, 0.4) is 0 Å². The van der Waals surface area contributed by atoms with Crippen LogP contribution in [0.5, 0.6) is 0 Å². The van der Waals surface area contributed by atoms with Crippen molar-refractivity contribution in [3.63, 3.8) is 0 Å². The third-order valence-electron chi connectivity index (χ3n) is 2.17. The summed E-state index contributed by atoms with van der Waals surface area (Å²) in [6.45, 7) is 0.852. The van der Waals surface area contributed by atoms with Crippen LogP contribution in [-0.4, -0.2) is 4.57 Å². The predicted molar refractivity (Wildman–Crippen MR) is 56.2 cm³/mol. The Kier molecular flexibility index (Phi) is 1.86. The van der Waals surface area contributed by atoms with E-state index in [1.54, 1.807) is 0 Å². The zero-order chi connectivity index (χ0) is 8.72. The summed E-state index contributed by atoms with van der Waals surface area (Å²) >= 11 is 2.00. The van der Waals surface area contributed by atoms with Gasteiger partial charge in [0.05, 0.1) is 5.69 Å². The number of rotatable bonds is 0. The SMILES string of the molecule is Nc1cc2n(c(=O)c1I)CCC2. The maximum Gasteiger partial charge on any atom is 0.266 e. The summed E-state index contributed by atoms with van der Waals surface area (Å²) in [5.41, 5.74) is 7.45. The van der Waals surface area contributed by atoms with Crippen LogP contribution in [0.15, 0.2) is 10.9 Å². The highest BCUT2D eigenvalue weighted by Gasteiger charge is 2.14. The molecule has 1 aliphatic heterocycles. The molecule has 0 saturated heterocycles. The number of nitrogens with two attached hydrogens (primary N) is 1. The molecule has 0 bridgehead atoms. The number of halogens is 1. The Bertz CT molecular complexity index is 383. The number of aromatic nitrogens is 1. The molecule has 4 heteroatoms. The van der Waals surface area contributed by atoms with E-state index in [0.717, 1.165) is 25.1 Å². The topological polar surface area (TPSA) is 48.0 Å². The van der Waals surface area contributed by atoms with Crippen LogP contribution in [0.1, 0.15) is 12.1 Å². The summed E-state index contributed by atoms with van der Waals surface area (Å²) in [5.74, 6) is 0. The van der Waals surface area contributed by atoms with Crippen molar-refractivity contribution in [2.45, 2.75) is 19.4 Å². The lowest BCUT2D eigenvalue weighted by Gasteiger charge is -2.05. The van der Waals surface area contributed by atoms with Gasteiger partial charge in [0.15, 0.2) is 0 Å². The number of aryl methyl sites for hydroxylation is 1. The van der Waals surface area contributed by atoms with Gasteiger partial charge in [-0.25, -0.2) is 0 Å². The Balaban J connectivity index is 2.76. The molecular formula is C8H9IN2O. The molecule has 0 spiro atoms. The Labute approximate surface area is 83.7 Å². The molecule has 0 fully saturated rings. The van der Waals surface area contributed by atoms with Gasteiger partial charge in [-0.2, -0.15) is 0 Å². The van der Waals surface area contributed by atoms with E-state index < -0.39 is 0 Å². The average Bonchev–Trinajstić information content (AvgIpc) is 2.48. The first-order valence-corrected chi connectivity index (χ1v) is 4.95. The Morgan fingerprint density at radius 1 is 1.58 bits per heavy atom. The van der Waals surface area contributed by atoms with Gasteiger partial charge in [0, 0.05) is 12.2 Å². The third-order valence-corrected chi connectivity index (χ3v) is 3.25. The van der Waals surface area contributed by atoms with Gasteiger partial charge in [0.2, 0.25) is 0 Å². The molecule has 12 heavy (non-hydrogen) atoms. The molecule has 0 atom stereocenters. The summed E-state index contributed by atoms with van der Waals surface area (Å²) in [4.78, 5) is 11.6. The molecule has 64 valence electrons. The molecule has 1 aromatic rings. The number of hydrogen-bond donors (Lipinski definition) is 1. The summed E-state index contributed by atoms with van der Waals surface area (Å²) in [6, 6.07) is 1.91. The van der Waals surface area contributed by atoms with Crippen LogP contribution < -0.4 is 11.3 Å². The van der Waals surface area contributed by atoms with Crippen LogP contribution in [0, 0.1) is 3.57 Å². The second kappa shape index (κ2) is 2.76. The molecule has 0 unspecified atom stereocenters. The lowest BCUT2D eigenvalue weighted by atomic mass is 10.2. The van der Waals surface area contributed by atoms with Crippen LogP contribution in [-0.2, 0) is 13.0 Å². The number of nitrogens with zero attached hydrogens (tertiary/aromatic N) is 1. The van der Waals surface area contributed by atoms with Crippen LogP contribution >= 0.6 is 22.6 Å². The quantitative estimate of drug-likeness (QED) is 0.718. The van der Waals surface area contributed by atoms with Crippen molar-refractivity contribution >= 4 is 28.3 Å². The Hall–Kier alpha value is -0.520. The number of hydrogen-bond acceptors (Lipinski definition) is 2. The van der Waals surface area contributed by atoms with Crippen LogP contribution in [0.4, 0.5) is 5.69 Å². The fourth-order valence-corrected chi connectivity index (χ4v) is 2.01. The second-order valence-corrected chi connectivity index (χ2v) is 4.04. The number of anilines is 1. The molecular weight excluding hydrogens is 267 g/mol. The highest BCUT2D eigenvalue weighted by Crippen LogP contribution is 2.17. The summed E-state index contributed by atoms with van der Waals surface area (Å²) in [7, 11) is 0. The summed E-state index contributed by atoms with van der Waals surface area (Å²) in [5, 5.41) is 0. The van der Waals surface area contributed by atoms with Crippen molar-refractivity contribution in [1.82, 2.24) is 4.57 Å². The van der Waals surface area contributed by atoms with Crippen molar-refractivity contribution in [2.75, 3.05) is 5.73 Å². The van der Waals surface area contributed by atoms with Crippen molar-refractivity contribution in [3.05, 3.63) is 25.7 Å². The molecule has 0 aliphatic carbocycles. The average molecular weight is 276 g/mol. The summed E-state index contributed by atoms with van der Waals surface area (Å²) in [6.07, 6.45) is 2.05. The van der Waals surface area contributed by atoms with E-state index in [-0.39, 0.29) is 5.56 Å². The highest BCUT2D eigenvalue weighted by atomic mass is 127. The standard InChI is InChI=1S/C8H9IN2O/c9-7-6(10)4-5-2-1-3-11(5)8(7)12/h4H,1-3,10H2. The van der Waals surface area contributed by atoms with Gasteiger partial charge in [-0.05, 0) is 41.5 Å². The predicted octanol–water partition coefficient (Wildman–Crippen LogP) is 0.981. The van der Waals surface area contributed by atoms with Gasteiger partial charge >= 0.3 is 0 Å². The molecule has 3 nitrogen and oxygen atoms in total. The first-order valence-electron chi connectivity index (χ1n) is 3.88. The van der Waals surface area contributed by atoms with E-state index >= 15 is 0 Å². The van der Waals surface area contributed by atoms with Crippen molar-refractivity contribution < 1.29 is 0 Å². The van der Waals surface area contributed by atoms with Gasteiger partial charge in [-0.1, -0.05) is 0 Å². The number of fused-ring (bicyclic) bond motifs is 1. The van der Waals surface area contributed by atoms with E-state index in [2.05, 4.69) is 0 Å². The minimum absolute atomic E-state index is 0.0723. The summed E-state index contributed by atoms with van der Waals surface area (Å²) < 4.78 is 2.47. The molecule has 1 aromatic heterocycles. The van der Waals surface area contributed by atoms with Gasteiger partial charge in [-0.15, -0.1) is 0 Å². The Morgan fingerprint density at radius 3 is 3.08 bits per heavy atom. The van der Waals surface area contributed by atoms with E-state index in [1.807, 2.05) is 33.2 Å². The molecule has 2 N–H and O–H groups in total. The lowest BCUT2D eigenvalue weighted by molar-refractivity contribution is 0.718. The van der Waals surface area contributed by atoms with Gasteiger partial charge in [0.1, 0.15) is 3.57 Å². The smallest absolute Gasteiger partial charge is 0.266 e. The molecule has 0 saturated carbocycles. The first-order chi connectivity index (χ1) is 5.70. The van der Waals surface area contributed by atoms with E-state index in [1.165, 1.54) is 0 Å². The minimum Gasteiger partial charge on any atom is -0.398 e. The van der Waals surface area contributed by atoms with Crippen LogP contribution in [0.25, 0.3) is 0 Å². The van der Waals surface area contributed by atoms with E-state index in [0.29, 0.717) is 9.26 Å². The third kappa shape index (κ3) is 1.05. The number of pyridine rings is 1. The molecule has 0 amide bonds. The Morgan fingerprint density at radius 2 is 2.33 bits per heavy atom. The van der Waals surface area contributed by atoms with Crippen molar-refractivity contribution in [1.29, 1.82) is 0 Å². The molecule has 2 heterocycles. The molecule has 2 rings (SSSR count).